The summed E-state index contributed by atoms with van der Waals surface area (Å²) >= 11 is 0. The Morgan fingerprint density at radius 2 is 1.37 bits per heavy atom. The van der Waals surface area contributed by atoms with E-state index in [0.29, 0.717) is 12.5 Å². The van der Waals surface area contributed by atoms with Crippen LogP contribution >= 0.6 is 0 Å². The van der Waals surface area contributed by atoms with Crippen molar-refractivity contribution in [2.45, 2.75) is 73.3 Å². The van der Waals surface area contributed by atoms with E-state index in [9.17, 15) is 0 Å². The number of ether oxygens (including phenoxy) is 2. The molecule has 1 saturated heterocycles. The fraction of sp³-hybridized carbons (Fsp3) is 0.650. The average molecular weight is 1160 g/mol. The zero-order valence-corrected chi connectivity index (χ0v) is 48.3. The summed E-state index contributed by atoms with van der Waals surface area (Å²) in [6.07, 6.45) is -0.132. The molecule has 3 heterocycles. The van der Waals surface area contributed by atoms with Gasteiger partial charge in [-0.05, 0) is 41.5 Å². The van der Waals surface area contributed by atoms with E-state index in [1.165, 1.54) is 5.92 Å². The van der Waals surface area contributed by atoms with Gasteiger partial charge in [0.25, 0.3) is 0 Å². The Balaban J connectivity index is -0.000000121. The minimum atomic E-state index is -0.172. The molecule has 0 unspecified atom stereocenters. The van der Waals surface area contributed by atoms with Gasteiger partial charge in [0.05, 0.1) is 24.0 Å². The minimum Gasteiger partial charge on any atom is -0.386 e. The minimum absolute atomic E-state index is 0. The normalized spacial score (nSPS) is 18.0. The van der Waals surface area contributed by atoms with Gasteiger partial charge in [-0.25, -0.2) is 15.0 Å². The third-order valence-electron chi connectivity index (χ3n) is 4.89. The van der Waals surface area contributed by atoms with Gasteiger partial charge in [0.2, 0.25) is 0 Å². The second kappa shape index (κ2) is 28.6. The number of rotatable bonds is 3. The molecule has 3 rings (SSSR count). The van der Waals surface area contributed by atoms with E-state index in [0.717, 1.165) is 28.5 Å². The van der Waals surface area contributed by atoms with Gasteiger partial charge in [0.15, 0.2) is 5.65 Å². The van der Waals surface area contributed by atoms with Crippen molar-refractivity contribution < 1.29 is 304 Å². The molecule has 0 saturated carbocycles. The zero-order valence-electron chi connectivity index (χ0n) is 22.7. The summed E-state index contributed by atoms with van der Waals surface area (Å²) in [5.74, 6) is 3.24. The first-order valence-corrected chi connectivity index (χ1v) is 8.91. The first-order chi connectivity index (χ1) is 11.6. The van der Waals surface area contributed by atoms with Crippen LogP contribution < -0.4 is 0 Å². The molecule has 1 aliphatic heterocycles. The van der Waals surface area contributed by atoms with Gasteiger partial charge >= 0.3 is 0 Å². The summed E-state index contributed by atoms with van der Waals surface area (Å²) in [4.78, 5) is 13.8. The van der Waals surface area contributed by atoms with Gasteiger partial charge in [-0.15, -0.1) is 5.92 Å². The molecule has 35 heavy (non-hydrogen) atoms. The van der Waals surface area contributed by atoms with Crippen LogP contribution in [0, 0.1) is 40.0 Å². The fourth-order valence-electron chi connectivity index (χ4n) is 3.33. The summed E-state index contributed by atoms with van der Waals surface area (Å²) in [5, 5.41) is 0. The molecule has 0 aromatic carbocycles. The van der Waals surface area contributed by atoms with E-state index in [-0.39, 0.29) is 320 Å². The summed E-state index contributed by atoms with van der Waals surface area (Å²) in [6.45, 7) is 17.0. The maximum atomic E-state index is 6.39. The third-order valence-corrected chi connectivity index (χ3v) is 4.89. The van der Waals surface area contributed by atoms with Gasteiger partial charge < -0.3 is 21.5 Å². The van der Waals surface area contributed by atoms with E-state index >= 15 is 0 Å². The summed E-state index contributed by atoms with van der Waals surface area (Å²) < 4.78 is 14.5. The topological polar surface area (TPSA) is 62.1 Å². The first-order valence-electron chi connectivity index (χ1n) is 8.91. The standard InChI is InChI=1S/C19H29N4O2.CH3.9Y/c1-10-11(2)18(25-15(10)9-24-19(6,7)8)23-14(5)22-16-12(3)20-13(4)21-17(16)23;;;;;;;;;;/h10,15,18H,9H2,1-8H3;1H3;;;;;;;;;/q2*-1;;;;;;;;;/t10-,15-,18-;;;;;;;;;;/m1........../s1. The SMILES string of the molecule is Cc1nc(C)c2nc(C)n([C@@H]3O[C@H](COC(C)(C)C)[C@H](C)[C-]3C)c2n1.[CH3-].[Y].[Y].[Y].[Y].[Y].[Y].[Y].[Y].[Y]. The van der Waals surface area contributed by atoms with Crippen LogP contribution in [0.4, 0.5) is 0 Å². The Morgan fingerprint density at radius 3 is 1.83 bits per heavy atom. The monoisotopic (exact) mass is 1160 g/mol. The van der Waals surface area contributed by atoms with Crippen molar-refractivity contribution >= 4 is 11.2 Å². The van der Waals surface area contributed by atoms with E-state index in [4.69, 9.17) is 9.47 Å². The Morgan fingerprint density at radius 1 is 0.886 bits per heavy atom. The van der Waals surface area contributed by atoms with Crippen molar-refractivity contribution in [3.05, 3.63) is 30.7 Å². The largest absolute Gasteiger partial charge is 0.386 e. The Labute approximate surface area is 439 Å². The number of hydrogen-bond donors (Lipinski definition) is 0. The molecule has 0 aliphatic carbocycles. The summed E-state index contributed by atoms with van der Waals surface area (Å²) in [7, 11) is 0. The van der Waals surface area contributed by atoms with Gasteiger partial charge in [-0.2, -0.15) is 6.92 Å². The number of aryl methyl sites for hydroxylation is 3. The molecule has 1 aliphatic rings. The number of nitrogens with zero attached hydrogens (tertiary/aromatic N) is 4. The quantitative estimate of drug-likeness (QED) is 0.434. The van der Waals surface area contributed by atoms with Crippen LogP contribution in [0.25, 0.3) is 11.2 Å². The molecule has 6 nitrogen and oxygen atoms in total. The molecular formula is C20H32N4O2Y9-2. The zero-order chi connectivity index (χ0) is 18.5. The molecule has 0 amide bonds. The number of hydrogen-bond acceptors (Lipinski definition) is 5. The summed E-state index contributed by atoms with van der Waals surface area (Å²) in [5.41, 5.74) is 2.42. The molecule has 0 spiro atoms. The molecule has 2 aromatic rings. The molecule has 2 aromatic heterocycles. The summed E-state index contributed by atoms with van der Waals surface area (Å²) in [6, 6.07) is 0. The Kier molecular flexibility index (Phi) is 50.9. The Bertz CT molecular complexity index is 807. The molecule has 1 fully saturated rings. The predicted octanol–water partition coefficient (Wildman–Crippen LogP) is 4.12. The molecular weight excluding hydrogens is 1130 g/mol. The molecule has 0 bridgehead atoms. The maximum Gasteiger partial charge on any atom is 0.163 e. The smallest absolute Gasteiger partial charge is 0.163 e. The van der Waals surface area contributed by atoms with Crippen molar-refractivity contribution in [3.63, 3.8) is 0 Å². The van der Waals surface area contributed by atoms with Crippen molar-refractivity contribution in [3.8, 4) is 0 Å². The van der Waals surface area contributed by atoms with Crippen LogP contribution in [0.3, 0.4) is 0 Å². The van der Waals surface area contributed by atoms with Gasteiger partial charge in [0, 0.05) is 301 Å². The molecule has 9 radical (unpaired) electrons. The van der Waals surface area contributed by atoms with Crippen molar-refractivity contribution in [1.82, 2.24) is 19.5 Å². The van der Waals surface area contributed by atoms with Crippen LogP contribution in [0.15, 0.2) is 0 Å². The third kappa shape index (κ3) is 17.8. The van der Waals surface area contributed by atoms with Gasteiger partial charge in [-0.1, -0.05) is 6.92 Å². The van der Waals surface area contributed by atoms with Crippen molar-refractivity contribution in [1.29, 1.82) is 0 Å². The van der Waals surface area contributed by atoms with E-state index < -0.39 is 0 Å². The van der Waals surface area contributed by atoms with E-state index in [2.05, 4.69) is 54.1 Å². The average Bonchev–Trinajstić information content (AvgIpc) is 2.95. The predicted molar refractivity (Wildman–Crippen MR) is 104 cm³/mol. The molecule has 3 atom stereocenters. The maximum absolute atomic E-state index is 6.39. The van der Waals surface area contributed by atoms with Gasteiger partial charge in [0.1, 0.15) is 17.2 Å². The van der Waals surface area contributed by atoms with Crippen LogP contribution in [-0.4, -0.2) is 37.8 Å². The number of fused-ring (bicyclic) bond motifs is 1. The van der Waals surface area contributed by atoms with E-state index in [1.807, 2.05) is 20.8 Å². The van der Waals surface area contributed by atoms with Crippen molar-refractivity contribution in [2.24, 2.45) is 5.92 Å². The molecule has 0 N–H and O–H groups in total. The number of imidazole rings is 1. The van der Waals surface area contributed by atoms with E-state index in [1.54, 1.807) is 0 Å². The second-order valence-electron chi connectivity index (χ2n) is 8.04. The number of aromatic nitrogens is 4. The second-order valence-corrected chi connectivity index (χ2v) is 8.04. The molecule has 173 valence electrons. The van der Waals surface area contributed by atoms with Crippen LogP contribution in [0.5, 0.6) is 0 Å². The van der Waals surface area contributed by atoms with Crippen LogP contribution in [-0.2, 0) is 304 Å². The van der Waals surface area contributed by atoms with Gasteiger partial charge in [-0.3, -0.25) is 5.92 Å². The van der Waals surface area contributed by atoms with Crippen molar-refractivity contribution in [2.75, 3.05) is 6.61 Å². The first kappa shape index (κ1) is 62.3. The fourth-order valence-corrected chi connectivity index (χ4v) is 3.33. The van der Waals surface area contributed by atoms with Crippen LogP contribution in [0.1, 0.15) is 58.2 Å². The Hall–Kier alpha value is 8.41. The van der Waals surface area contributed by atoms with Crippen LogP contribution in [0.2, 0.25) is 0 Å². The molecule has 15 heteroatoms.